The summed E-state index contributed by atoms with van der Waals surface area (Å²) in [7, 11) is 0. The second-order valence-corrected chi connectivity index (χ2v) is 4.60. The van der Waals surface area contributed by atoms with Gasteiger partial charge in [0.1, 0.15) is 5.82 Å². The Morgan fingerprint density at radius 1 is 1.47 bits per heavy atom. The molecule has 1 fully saturated rings. The molecule has 0 heterocycles. The van der Waals surface area contributed by atoms with E-state index in [2.05, 4.69) is 12.2 Å². The van der Waals surface area contributed by atoms with Crippen molar-refractivity contribution in [3.63, 3.8) is 0 Å². The molecule has 2 rings (SSSR count). The van der Waals surface area contributed by atoms with Gasteiger partial charge >= 0.3 is 0 Å². The standard InChI is InChI=1S/C14H20FNO/c1-2-8-17-14(10-16-13-6-7-13)11-4-3-5-12(15)9-11/h3-5,9,13-14,16H,2,6-8,10H2,1H3. The summed E-state index contributed by atoms with van der Waals surface area (Å²) in [4.78, 5) is 0. The van der Waals surface area contributed by atoms with Crippen molar-refractivity contribution in [2.24, 2.45) is 0 Å². The first-order valence-corrected chi connectivity index (χ1v) is 6.40. The van der Waals surface area contributed by atoms with E-state index in [0.717, 1.165) is 18.5 Å². The van der Waals surface area contributed by atoms with E-state index in [1.54, 1.807) is 12.1 Å². The molecule has 1 aliphatic carbocycles. The fourth-order valence-corrected chi connectivity index (χ4v) is 1.80. The molecule has 0 radical (unpaired) electrons. The first kappa shape index (κ1) is 12.5. The predicted octanol–water partition coefficient (Wildman–Crippen LogP) is 3.05. The Kier molecular flexibility index (Phi) is 4.51. The highest BCUT2D eigenvalue weighted by Crippen LogP contribution is 2.22. The molecule has 1 aliphatic rings. The Labute approximate surface area is 102 Å². The van der Waals surface area contributed by atoms with Crippen LogP contribution in [0, 0.1) is 5.82 Å². The van der Waals surface area contributed by atoms with Crippen LogP contribution >= 0.6 is 0 Å². The first-order valence-electron chi connectivity index (χ1n) is 6.40. The molecule has 1 atom stereocenters. The molecule has 3 heteroatoms. The Hall–Kier alpha value is -0.930. The molecule has 1 N–H and O–H groups in total. The highest BCUT2D eigenvalue weighted by atomic mass is 19.1. The molecule has 0 aromatic heterocycles. The van der Waals surface area contributed by atoms with Crippen LogP contribution in [0.2, 0.25) is 0 Å². The zero-order valence-corrected chi connectivity index (χ0v) is 10.3. The number of benzene rings is 1. The van der Waals surface area contributed by atoms with Gasteiger partial charge in [0, 0.05) is 19.2 Å². The van der Waals surface area contributed by atoms with Crippen molar-refractivity contribution in [3.05, 3.63) is 35.6 Å². The smallest absolute Gasteiger partial charge is 0.123 e. The quantitative estimate of drug-likeness (QED) is 0.787. The highest BCUT2D eigenvalue weighted by Gasteiger charge is 2.22. The van der Waals surface area contributed by atoms with Crippen LogP contribution in [0.15, 0.2) is 24.3 Å². The van der Waals surface area contributed by atoms with Gasteiger partial charge in [0.25, 0.3) is 0 Å². The minimum atomic E-state index is -0.195. The van der Waals surface area contributed by atoms with Crippen molar-refractivity contribution >= 4 is 0 Å². The summed E-state index contributed by atoms with van der Waals surface area (Å²) in [5, 5.41) is 3.44. The summed E-state index contributed by atoms with van der Waals surface area (Å²) < 4.78 is 19.0. The lowest BCUT2D eigenvalue weighted by Gasteiger charge is -2.18. The van der Waals surface area contributed by atoms with Crippen LogP contribution < -0.4 is 5.32 Å². The van der Waals surface area contributed by atoms with Crippen LogP contribution in [0.25, 0.3) is 0 Å². The van der Waals surface area contributed by atoms with Gasteiger partial charge in [0.05, 0.1) is 6.10 Å². The molecule has 17 heavy (non-hydrogen) atoms. The maximum absolute atomic E-state index is 13.2. The van der Waals surface area contributed by atoms with Crippen LogP contribution in [0.4, 0.5) is 4.39 Å². The van der Waals surface area contributed by atoms with Gasteiger partial charge in [-0.15, -0.1) is 0 Å². The van der Waals surface area contributed by atoms with Crippen LogP contribution in [-0.4, -0.2) is 19.2 Å². The number of halogens is 1. The van der Waals surface area contributed by atoms with E-state index in [1.165, 1.54) is 18.9 Å². The van der Waals surface area contributed by atoms with Crippen LogP contribution in [0.5, 0.6) is 0 Å². The first-order chi connectivity index (χ1) is 8.29. The summed E-state index contributed by atoms with van der Waals surface area (Å²) >= 11 is 0. The van der Waals surface area contributed by atoms with E-state index >= 15 is 0 Å². The summed E-state index contributed by atoms with van der Waals surface area (Å²) in [6.45, 7) is 3.57. The third kappa shape index (κ3) is 4.10. The Bertz CT molecular complexity index is 352. The van der Waals surface area contributed by atoms with E-state index < -0.39 is 0 Å². The minimum absolute atomic E-state index is 0.0359. The van der Waals surface area contributed by atoms with Gasteiger partial charge in [0.2, 0.25) is 0 Å². The summed E-state index contributed by atoms with van der Waals surface area (Å²) in [5.74, 6) is -0.195. The third-order valence-corrected chi connectivity index (χ3v) is 2.91. The third-order valence-electron chi connectivity index (χ3n) is 2.91. The van der Waals surface area contributed by atoms with Crippen LogP contribution in [-0.2, 0) is 4.74 Å². The lowest BCUT2D eigenvalue weighted by molar-refractivity contribution is 0.0525. The zero-order valence-electron chi connectivity index (χ0n) is 10.3. The number of hydrogen-bond acceptors (Lipinski definition) is 2. The number of nitrogens with one attached hydrogen (secondary N) is 1. The fourth-order valence-electron chi connectivity index (χ4n) is 1.80. The average molecular weight is 237 g/mol. The van der Waals surface area contributed by atoms with Crippen molar-refractivity contribution in [1.29, 1.82) is 0 Å². The predicted molar refractivity (Wildman–Crippen MR) is 66.4 cm³/mol. The van der Waals surface area contributed by atoms with E-state index in [0.29, 0.717) is 12.6 Å². The molecule has 0 aliphatic heterocycles. The van der Waals surface area contributed by atoms with Crippen LogP contribution in [0.3, 0.4) is 0 Å². The molecule has 0 bridgehead atoms. The molecule has 2 nitrogen and oxygen atoms in total. The van der Waals surface area contributed by atoms with Crippen molar-refractivity contribution in [2.45, 2.75) is 38.3 Å². The molecule has 0 spiro atoms. The maximum atomic E-state index is 13.2. The number of ether oxygens (including phenoxy) is 1. The van der Waals surface area contributed by atoms with Gasteiger partial charge < -0.3 is 10.1 Å². The van der Waals surface area contributed by atoms with Crippen molar-refractivity contribution in [2.75, 3.05) is 13.2 Å². The molecule has 1 unspecified atom stereocenters. The van der Waals surface area contributed by atoms with Crippen molar-refractivity contribution in [1.82, 2.24) is 5.32 Å². The molecular weight excluding hydrogens is 217 g/mol. The van der Waals surface area contributed by atoms with Gasteiger partial charge in [-0.3, -0.25) is 0 Å². The largest absolute Gasteiger partial charge is 0.372 e. The van der Waals surface area contributed by atoms with E-state index in [1.807, 2.05) is 6.07 Å². The monoisotopic (exact) mass is 237 g/mol. The van der Waals surface area contributed by atoms with Gasteiger partial charge in [-0.05, 0) is 37.0 Å². The Morgan fingerprint density at radius 3 is 2.94 bits per heavy atom. The van der Waals surface area contributed by atoms with Gasteiger partial charge in [-0.1, -0.05) is 19.1 Å². The molecule has 94 valence electrons. The second kappa shape index (κ2) is 6.12. The Balaban J connectivity index is 1.96. The summed E-state index contributed by atoms with van der Waals surface area (Å²) in [6.07, 6.45) is 3.45. The molecule has 0 saturated heterocycles. The van der Waals surface area contributed by atoms with Crippen molar-refractivity contribution in [3.8, 4) is 0 Å². The normalized spacial score (nSPS) is 17.1. The van der Waals surface area contributed by atoms with E-state index in [9.17, 15) is 4.39 Å². The van der Waals surface area contributed by atoms with Gasteiger partial charge in [-0.25, -0.2) is 4.39 Å². The summed E-state index contributed by atoms with van der Waals surface area (Å²) in [5.41, 5.74) is 0.923. The fraction of sp³-hybridized carbons (Fsp3) is 0.571. The second-order valence-electron chi connectivity index (χ2n) is 4.60. The van der Waals surface area contributed by atoms with E-state index in [4.69, 9.17) is 4.74 Å². The zero-order chi connectivity index (χ0) is 12.1. The molecular formula is C14H20FNO. The van der Waals surface area contributed by atoms with E-state index in [-0.39, 0.29) is 11.9 Å². The lowest BCUT2D eigenvalue weighted by atomic mass is 10.1. The molecule has 1 saturated carbocycles. The number of hydrogen-bond donors (Lipinski definition) is 1. The van der Waals surface area contributed by atoms with Crippen LogP contribution in [0.1, 0.15) is 37.9 Å². The SMILES string of the molecule is CCCOC(CNC1CC1)c1cccc(F)c1. The molecule has 1 aromatic rings. The minimum Gasteiger partial charge on any atom is -0.372 e. The number of rotatable bonds is 7. The molecule has 0 amide bonds. The maximum Gasteiger partial charge on any atom is 0.123 e. The topological polar surface area (TPSA) is 21.3 Å². The Morgan fingerprint density at radius 2 is 2.29 bits per heavy atom. The summed E-state index contributed by atoms with van der Waals surface area (Å²) in [6, 6.07) is 7.35. The lowest BCUT2D eigenvalue weighted by Crippen LogP contribution is -2.25. The van der Waals surface area contributed by atoms with Crippen molar-refractivity contribution < 1.29 is 9.13 Å². The van der Waals surface area contributed by atoms with Gasteiger partial charge in [-0.2, -0.15) is 0 Å². The van der Waals surface area contributed by atoms with Gasteiger partial charge in [0.15, 0.2) is 0 Å². The highest BCUT2D eigenvalue weighted by molar-refractivity contribution is 5.19. The average Bonchev–Trinajstić information content (AvgIpc) is 3.13. The molecule has 1 aromatic carbocycles.